The highest BCUT2D eigenvalue weighted by Crippen LogP contribution is 2.22. The summed E-state index contributed by atoms with van der Waals surface area (Å²) >= 11 is 5.91. The van der Waals surface area contributed by atoms with Gasteiger partial charge in [-0.3, -0.25) is 4.98 Å². The minimum absolute atomic E-state index is 0.116. The number of nitrogens with two attached hydrogens (primary N) is 1. The normalized spacial score (nSPS) is 12.5. The fraction of sp³-hybridized carbons (Fsp3) is 0.167. The Kier molecular flexibility index (Phi) is 3.91. The molecule has 0 aliphatic heterocycles. The monoisotopic (exact) mass is 296 g/mol. The van der Waals surface area contributed by atoms with E-state index in [-0.39, 0.29) is 6.04 Å². The van der Waals surface area contributed by atoms with E-state index in [4.69, 9.17) is 22.3 Å². The van der Waals surface area contributed by atoms with Crippen molar-refractivity contribution in [2.24, 2.45) is 5.73 Å². The second-order valence-corrected chi connectivity index (χ2v) is 5.75. The Bertz CT molecular complexity index is 766. The van der Waals surface area contributed by atoms with E-state index in [2.05, 4.69) is 19.1 Å². The molecule has 2 aromatic carbocycles. The van der Waals surface area contributed by atoms with Crippen molar-refractivity contribution < 1.29 is 0 Å². The standard InChI is InChI=1S/C18H17ClN2/c1-12-10-18(21-17-5-3-2-4-15(12)17)16(20)11-13-6-8-14(19)9-7-13/h2-10,16H,11,20H2,1H3. The van der Waals surface area contributed by atoms with Gasteiger partial charge < -0.3 is 5.73 Å². The summed E-state index contributed by atoms with van der Waals surface area (Å²) < 4.78 is 0. The van der Waals surface area contributed by atoms with Crippen molar-refractivity contribution in [2.45, 2.75) is 19.4 Å². The Hall–Kier alpha value is -1.90. The Morgan fingerprint density at radius 2 is 1.81 bits per heavy atom. The maximum atomic E-state index is 6.33. The van der Waals surface area contributed by atoms with Crippen LogP contribution in [0.5, 0.6) is 0 Å². The minimum atomic E-state index is -0.116. The van der Waals surface area contributed by atoms with Gasteiger partial charge in [0, 0.05) is 10.4 Å². The van der Waals surface area contributed by atoms with E-state index in [0.29, 0.717) is 0 Å². The summed E-state index contributed by atoms with van der Waals surface area (Å²) in [5.74, 6) is 0. The van der Waals surface area contributed by atoms with Gasteiger partial charge in [-0.25, -0.2) is 0 Å². The summed E-state index contributed by atoms with van der Waals surface area (Å²) in [6.45, 7) is 2.10. The number of aryl methyl sites for hydroxylation is 1. The molecule has 1 aromatic heterocycles. The van der Waals surface area contributed by atoms with Gasteiger partial charge in [0.05, 0.1) is 17.3 Å². The lowest BCUT2D eigenvalue weighted by molar-refractivity contribution is 0.699. The van der Waals surface area contributed by atoms with E-state index in [1.54, 1.807) is 0 Å². The number of fused-ring (bicyclic) bond motifs is 1. The predicted molar refractivity (Wildman–Crippen MR) is 88.6 cm³/mol. The summed E-state index contributed by atoms with van der Waals surface area (Å²) in [7, 11) is 0. The van der Waals surface area contributed by atoms with Gasteiger partial charge in [0.25, 0.3) is 0 Å². The maximum absolute atomic E-state index is 6.33. The minimum Gasteiger partial charge on any atom is -0.322 e. The van der Waals surface area contributed by atoms with Gasteiger partial charge in [-0.1, -0.05) is 41.9 Å². The molecular weight excluding hydrogens is 280 g/mol. The number of para-hydroxylation sites is 1. The Balaban J connectivity index is 1.90. The fourth-order valence-electron chi connectivity index (χ4n) is 2.54. The third-order valence-electron chi connectivity index (χ3n) is 3.69. The molecule has 0 amide bonds. The van der Waals surface area contributed by atoms with Gasteiger partial charge >= 0.3 is 0 Å². The zero-order valence-corrected chi connectivity index (χ0v) is 12.6. The first-order chi connectivity index (χ1) is 10.1. The van der Waals surface area contributed by atoms with E-state index < -0.39 is 0 Å². The molecule has 0 aliphatic rings. The van der Waals surface area contributed by atoms with Crippen molar-refractivity contribution in [3.8, 4) is 0 Å². The SMILES string of the molecule is Cc1cc(C(N)Cc2ccc(Cl)cc2)nc2ccccc12. The number of rotatable bonds is 3. The second-order valence-electron chi connectivity index (χ2n) is 5.32. The third-order valence-corrected chi connectivity index (χ3v) is 3.94. The fourth-order valence-corrected chi connectivity index (χ4v) is 2.67. The first-order valence-electron chi connectivity index (χ1n) is 7.00. The molecule has 0 radical (unpaired) electrons. The summed E-state index contributed by atoms with van der Waals surface area (Å²) in [4.78, 5) is 4.70. The van der Waals surface area contributed by atoms with Crippen molar-refractivity contribution in [2.75, 3.05) is 0 Å². The van der Waals surface area contributed by atoms with E-state index in [1.807, 2.05) is 42.5 Å². The molecule has 1 heterocycles. The van der Waals surface area contributed by atoms with Gasteiger partial charge in [0.1, 0.15) is 0 Å². The van der Waals surface area contributed by atoms with Gasteiger partial charge in [-0.05, 0) is 48.7 Å². The van der Waals surface area contributed by atoms with Gasteiger partial charge in [-0.15, -0.1) is 0 Å². The number of halogens is 1. The molecule has 0 saturated heterocycles. The maximum Gasteiger partial charge on any atom is 0.0708 e. The molecule has 106 valence electrons. The van der Waals surface area contributed by atoms with Crippen LogP contribution < -0.4 is 5.73 Å². The average molecular weight is 297 g/mol. The van der Waals surface area contributed by atoms with Crippen molar-refractivity contribution in [1.29, 1.82) is 0 Å². The molecule has 0 saturated carbocycles. The van der Waals surface area contributed by atoms with Gasteiger partial charge in [0.2, 0.25) is 0 Å². The van der Waals surface area contributed by atoms with E-state index in [0.717, 1.165) is 22.7 Å². The number of pyridine rings is 1. The van der Waals surface area contributed by atoms with Gasteiger partial charge in [-0.2, -0.15) is 0 Å². The first-order valence-corrected chi connectivity index (χ1v) is 7.37. The summed E-state index contributed by atoms with van der Waals surface area (Å²) in [5.41, 5.74) is 10.6. The molecule has 0 fully saturated rings. The number of hydrogen-bond donors (Lipinski definition) is 1. The molecule has 0 spiro atoms. The molecule has 2 N–H and O–H groups in total. The smallest absolute Gasteiger partial charge is 0.0708 e. The molecule has 1 unspecified atom stereocenters. The Morgan fingerprint density at radius 1 is 1.10 bits per heavy atom. The summed E-state index contributed by atoms with van der Waals surface area (Å²) in [5, 5.41) is 1.92. The lowest BCUT2D eigenvalue weighted by Gasteiger charge is -2.13. The highest BCUT2D eigenvalue weighted by Gasteiger charge is 2.11. The Labute approximate surface area is 129 Å². The summed E-state index contributed by atoms with van der Waals surface area (Å²) in [6.07, 6.45) is 0.752. The van der Waals surface area contributed by atoms with Crippen LogP contribution in [0, 0.1) is 6.92 Å². The van der Waals surface area contributed by atoms with E-state index in [9.17, 15) is 0 Å². The molecule has 0 bridgehead atoms. The largest absolute Gasteiger partial charge is 0.322 e. The zero-order chi connectivity index (χ0) is 14.8. The van der Waals surface area contributed by atoms with Crippen molar-refractivity contribution in [3.05, 3.63) is 76.4 Å². The average Bonchev–Trinajstić information content (AvgIpc) is 2.49. The van der Waals surface area contributed by atoms with E-state index >= 15 is 0 Å². The molecular formula is C18H17ClN2. The highest BCUT2D eigenvalue weighted by atomic mass is 35.5. The molecule has 3 heteroatoms. The van der Waals surface area contributed by atoms with Gasteiger partial charge in [0.15, 0.2) is 0 Å². The molecule has 1 atom stereocenters. The zero-order valence-electron chi connectivity index (χ0n) is 11.9. The van der Waals surface area contributed by atoms with Crippen LogP contribution >= 0.6 is 11.6 Å². The number of nitrogens with zero attached hydrogens (tertiary/aromatic N) is 1. The predicted octanol–water partition coefficient (Wildman–Crippen LogP) is 4.44. The van der Waals surface area contributed by atoms with Crippen LogP contribution in [0.15, 0.2) is 54.6 Å². The first kappa shape index (κ1) is 14.1. The lowest BCUT2D eigenvalue weighted by atomic mass is 10.0. The second kappa shape index (κ2) is 5.84. The third kappa shape index (κ3) is 3.07. The van der Waals surface area contributed by atoms with Crippen molar-refractivity contribution >= 4 is 22.5 Å². The Morgan fingerprint density at radius 3 is 2.57 bits per heavy atom. The lowest BCUT2D eigenvalue weighted by Crippen LogP contribution is -2.15. The quantitative estimate of drug-likeness (QED) is 0.776. The van der Waals surface area contributed by atoms with Crippen LogP contribution in [0.4, 0.5) is 0 Å². The van der Waals surface area contributed by atoms with E-state index in [1.165, 1.54) is 16.5 Å². The van der Waals surface area contributed by atoms with Crippen LogP contribution in [-0.2, 0) is 6.42 Å². The van der Waals surface area contributed by atoms with Crippen LogP contribution in [0.3, 0.4) is 0 Å². The molecule has 3 aromatic rings. The van der Waals surface area contributed by atoms with Crippen LogP contribution in [0.25, 0.3) is 10.9 Å². The highest BCUT2D eigenvalue weighted by molar-refractivity contribution is 6.30. The van der Waals surface area contributed by atoms with Crippen LogP contribution in [-0.4, -0.2) is 4.98 Å². The van der Waals surface area contributed by atoms with Crippen LogP contribution in [0.2, 0.25) is 5.02 Å². The number of aromatic nitrogens is 1. The van der Waals surface area contributed by atoms with Crippen molar-refractivity contribution in [1.82, 2.24) is 4.98 Å². The topological polar surface area (TPSA) is 38.9 Å². The number of benzene rings is 2. The van der Waals surface area contributed by atoms with Crippen LogP contribution in [0.1, 0.15) is 22.9 Å². The molecule has 21 heavy (non-hydrogen) atoms. The van der Waals surface area contributed by atoms with Crippen molar-refractivity contribution in [3.63, 3.8) is 0 Å². The summed E-state index contributed by atoms with van der Waals surface area (Å²) in [6, 6.07) is 17.9. The number of hydrogen-bond acceptors (Lipinski definition) is 2. The molecule has 3 rings (SSSR count). The molecule has 0 aliphatic carbocycles. The molecule has 2 nitrogen and oxygen atoms in total.